The van der Waals surface area contributed by atoms with Gasteiger partial charge in [0.15, 0.2) is 0 Å². The quantitative estimate of drug-likeness (QED) is 0.646. The molecule has 5 nitrogen and oxygen atoms in total. The fraction of sp³-hybridized carbons (Fsp3) is 0.273. The summed E-state index contributed by atoms with van der Waals surface area (Å²) in [4.78, 5) is 15.3. The number of nitrogens with one attached hydrogen (secondary N) is 2. The lowest BCUT2D eigenvalue weighted by molar-refractivity contribution is -0.117. The standard InChI is InChI=1S/C11H16N4O/c1-3-6-13-9-4-5-10(14-7-9)15-11(16)8(2)12/h3-5,7-8,13H,1,6,12H2,2H3,(H,14,15,16). The molecule has 1 unspecified atom stereocenters. The van der Waals surface area contributed by atoms with Crippen molar-refractivity contribution in [1.82, 2.24) is 4.98 Å². The molecule has 1 aromatic heterocycles. The Kier molecular flexibility index (Phi) is 4.47. The van der Waals surface area contributed by atoms with Crippen LogP contribution in [0.4, 0.5) is 11.5 Å². The summed E-state index contributed by atoms with van der Waals surface area (Å²) in [6.45, 7) is 5.89. The van der Waals surface area contributed by atoms with Gasteiger partial charge in [0.1, 0.15) is 5.82 Å². The second-order valence-corrected chi connectivity index (χ2v) is 3.38. The third-order valence-electron chi connectivity index (χ3n) is 1.88. The molecule has 1 amide bonds. The minimum atomic E-state index is -0.541. The molecule has 16 heavy (non-hydrogen) atoms. The highest BCUT2D eigenvalue weighted by Gasteiger charge is 2.07. The van der Waals surface area contributed by atoms with Crippen molar-refractivity contribution in [2.45, 2.75) is 13.0 Å². The fourth-order valence-electron chi connectivity index (χ4n) is 1.00. The topological polar surface area (TPSA) is 80.0 Å². The second kappa shape index (κ2) is 5.87. The van der Waals surface area contributed by atoms with Gasteiger partial charge in [-0.25, -0.2) is 4.98 Å². The third kappa shape index (κ3) is 3.70. The summed E-state index contributed by atoms with van der Waals surface area (Å²) in [5.41, 5.74) is 6.29. The van der Waals surface area contributed by atoms with Gasteiger partial charge in [-0.1, -0.05) is 6.08 Å². The first-order valence-corrected chi connectivity index (χ1v) is 5.00. The Balaban J connectivity index is 2.57. The van der Waals surface area contributed by atoms with Gasteiger partial charge in [-0.2, -0.15) is 0 Å². The average molecular weight is 220 g/mol. The Morgan fingerprint density at radius 1 is 1.69 bits per heavy atom. The summed E-state index contributed by atoms with van der Waals surface area (Å²) in [5, 5.41) is 5.68. The van der Waals surface area contributed by atoms with Crippen molar-refractivity contribution < 1.29 is 4.79 Å². The zero-order valence-corrected chi connectivity index (χ0v) is 9.23. The number of anilines is 2. The number of hydrogen-bond donors (Lipinski definition) is 3. The number of nitrogens with two attached hydrogens (primary N) is 1. The fourth-order valence-corrected chi connectivity index (χ4v) is 1.00. The molecule has 1 heterocycles. The zero-order chi connectivity index (χ0) is 12.0. The van der Waals surface area contributed by atoms with Crippen LogP contribution in [0.2, 0.25) is 0 Å². The molecule has 0 saturated heterocycles. The van der Waals surface area contributed by atoms with Crippen molar-refractivity contribution in [2.75, 3.05) is 17.2 Å². The maximum atomic E-state index is 11.3. The highest BCUT2D eigenvalue weighted by molar-refractivity contribution is 5.93. The largest absolute Gasteiger partial charge is 0.380 e. The van der Waals surface area contributed by atoms with Gasteiger partial charge in [0.05, 0.1) is 17.9 Å². The number of hydrogen-bond acceptors (Lipinski definition) is 4. The number of nitrogens with zero attached hydrogens (tertiary/aromatic N) is 1. The van der Waals surface area contributed by atoms with Gasteiger partial charge in [-0.05, 0) is 19.1 Å². The Morgan fingerprint density at radius 3 is 2.94 bits per heavy atom. The van der Waals surface area contributed by atoms with Gasteiger partial charge in [0, 0.05) is 6.54 Å². The average Bonchev–Trinajstić information content (AvgIpc) is 2.28. The van der Waals surface area contributed by atoms with E-state index in [1.165, 1.54) is 0 Å². The third-order valence-corrected chi connectivity index (χ3v) is 1.88. The molecule has 0 spiro atoms. The second-order valence-electron chi connectivity index (χ2n) is 3.38. The number of carbonyl (C=O) groups excluding carboxylic acids is 1. The zero-order valence-electron chi connectivity index (χ0n) is 9.23. The molecular weight excluding hydrogens is 204 g/mol. The Bertz CT molecular complexity index is 359. The lowest BCUT2D eigenvalue weighted by Gasteiger charge is -2.08. The van der Waals surface area contributed by atoms with Crippen LogP contribution in [0.25, 0.3) is 0 Å². The van der Waals surface area contributed by atoms with Crippen molar-refractivity contribution in [3.63, 3.8) is 0 Å². The van der Waals surface area contributed by atoms with E-state index in [1.807, 2.05) is 6.07 Å². The first-order valence-electron chi connectivity index (χ1n) is 5.00. The molecule has 0 radical (unpaired) electrons. The summed E-state index contributed by atoms with van der Waals surface area (Å²) >= 11 is 0. The van der Waals surface area contributed by atoms with E-state index in [0.717, 1.165) is 5.69 Å². The number of carbonyl (C=O) groups is 1. The van der Waals surface area contributed by atoms with Crippen LogP contribution in [-0.2, 0) is 4.79 Å². The van der Waals surface area contributed by atoms with Crippen LogP contribution in [0.15, 0.2) is 31.0 Å². The molecule has 0 aliphatic heterocycles. The summed E-state index contributed by atoms with van der Waals surface area (Å²) in [6, 6.07) is 3.00. The molecule has 86 valence electrons. The van der Waals surface area contributed by atoms with Crippen LogP contribution in [0.5, 0.6) is 0 Å². The summed E-state index contributed by atoms with van der Waals surface area (Å²) in [7, 11) is 0. The van der Waals surface area contributed by atoms with Gasteiger partial charge in [-0.3, -0.25) is 4.79 Å². The first-order chi connectivity index (χ1) is 7.63. The van der Waals surface area contributed by atoms with E-state index in [1.54, 1.807) is 25.3 Å². The molecule has 1 atom stereocenters. The van der Waals surface area contributed by atoms with Crippen molar-refractivity contribution in [2.24, 2.45) is 5.73 Å². The number of amides is 1. The normalized spacial score (nSPS) is 11.6. The predicted molar refractivity (Wildman–Crippen MR) is 65.2 cm³/mol. The van der Waals surface area contributed by atoms with Gasteiger partial charge in [-0.15, -0.1) is 6.58 Å². The smallest absolute Gasteiger partial charge is 0.242 e. The van der Waals surface area contributed by atoms with Gasteiger partial charge in [0.2, 0.25) is 5.91 Å². The Labute approximate surface area is 94.8 Å². The number of rotatable bonds is 5. The van der Waals surface area contributed by atoms with Crippen LogP contribution < -0.4 is 16.4 Å². The molecule has 1 rings (SSSR count). The van der Waals surface area contributed by atoms with Gasteiger partial charge in [0.25, 0.3) is 0 Å². The van der Waals surface area contributed by atoms with E-state index in [-0.39, 0.29) is 5.91 Å². The van der Waals surface area contributed by atoms with E-state index in [9.17, 15) is 4.79 Å². The summed E-state index contributed by atoms with van der Waals surface area (Å²) in [6.07, 6.45) is 3.39. The highest BCUT2D eigenvalue weighted by atomic mass is 16.2. The minimum Gasteiger partial charge on any atom is -0.380 e. The SMILES string of the molecule is C=CCNc1ccc(NC(=O)C(C)N)nc1. The monoisotopic (exact) mass is 220 g/mol. The summed E-state index contributed by atoms with van der Waals surface area (Å²) in [5.74, 6) is 0.241. The van der Waals surface area contributed by atoms with Crippen molar-refractivity contribution in [3.8, 4) is 0 Å². The maximum absolute atomic E-state index is 11.3. The molecule has 0 aromatic carbocycles. The van der Waals surface area contributed by atoms with Crippen molar-refractivity contribution >= 4 is 17.4 Å². The maximum Gasteiger partial charge on any atom is 0.242 e. The van der Waals surface area contributed by atoms with Crippen molar-refractivity contribution in [1.29, 1.82) is 0 Å². The molecule has 1 aromatic rings. The Hall–Kier alpha value is -1.88. The van der Waals surface area contributed by atoms with Crippen molar-refractivity contribution in [3.05, 3.63) is 31.0 Å². The molecule has 4 N–H and O–H groups in total. The Morgan fingerprint density at radius 2 is 2.44 bits per heavy atom. The van der Waals surface area contributed by atoms with E-state index >= 15 is 0 Å². The summed E-state index contributed by atoms with van der Waals surface area (Å²) < 4.78 is 0. The predicted octanol–water partition coefficient (Wildman–Crippen LogP) is 0.965. The molecule has 0 aliphatic rings. The van der Waals surface area contributed by atoms with E-state index < -0.39 is 6.04 Å². The van der Waals surface area contributed by atoms with Crippen LogP contribution in [0, 0.1) is 0 Å². The van der Waals surface area contributed by atoms with Crippen LogP contribution in [0.1, 0.15) is 6.92 Å². The van der Waals surface area contributed by atoms with Crippen LogP contribution in [-0.4, -0.2) is 23.5 Å². The van der Waals surface area contributed by atoms with E-state index in [0.29, 0.717) is 12.4 Å². The van der Waals surface area contributed by atoms with Gasteiger partial charge < -0.3 is 16.4 Å². The number of aromatic nitrogens is 1. The lowest BCUT2D eigenvalue weighted by Crippen LogP contribution is -2.32. The molecule has 0 bridgehead atoms. The number of pyridine rings is 1. The molecule has 5 heteroatoms. The molecule has 0 aliphatic carbocycles. The lowest BCUT2D eigenvalue weighted by atomic mass is 10.3. The first kappa shape index (κ1) is 12.2. The minimum absolute atomic E-state index is 0.251. The molecular formula is C11H16N4O. The van der Waals surface area contributed by atoms with E-state index in [4.69, 9.17) is 5.73 Å². The molecule has 0 saturated carbocycles. The van der Waals surface area contributed by atoms with E-state index in [2.05, 4.69) is 22.2 Å². The van der Waals surface area contributed by atoms with Gasteiger partial charge >= 0.3 is 0 Å². The molecule has 0 fully saturated rings. The van der Waals surface area contributed by atoms with Crippen LogP contribution in [0.3, 0.4) is 0 Å². The van der Waals surface area contributed by atoms with Crippen LogP contribution >= 0.6 is 0 Å². The highest BCUT2D eigenvalue weighted by Crippen LogP contribution is 2.09.